The van der Waals surface area contributed by atoms with Crippen molar-refractivity contribution in [2.75, 3.05) is 11.9 Å². The van der Waals surface area contributed by atoms with E-state index in [0.717, 1.165) is 30.5 Å². The molecule has 24 heavy (non-hydrogen) atoms. The molecule has 1 aromatic heterocycles. The summed E-state index contributed by atoms with van der Waals surface area (Å²) in [6, 6.07) is 0. The van der Waals surface area contributed by atoms with Gasteiger partial charge in [0.15, 0.2) is 0 Å². The van der Waals surface area contributed by atoms with Crippen molar-refractivity contribution in [2.45, 2.75) is 64.3 Å². The Bertz CT molecular complexity index is 650. The van der Waals surface area contributed by atoms with Crippen molar-refractivity contribution < 1.29 is 14.6 Å². The molecule has 8 heteroatoms. The lowest BCUT2D eigenvalue weighted by Crippen LogP contribution is -2.48. The maximum atomic E-state index is 12.3. The van der Waals surface area contributed by atoms with Crippen molar-refractivity contribution in [3.63, 3.8) is 0 Å². The molecule has 1 fully saturated rings. The number of aliphatic hydroxyl groups is 1. The number of halogens is 1. The Morgan fingerprint density at radius 1 is 1.38 bits per heavy atom. The van der Waals surface area contributed by atoms with Gasteiger partial charge in [0.05, 0.1) is 30.9 Å². The maximum absolute atomic E-state index is 12.3. The van der Waals surface area contributed by atoms with E-state index in [4.69, 9.17) is 16.3 Å². The van der Waals surface area contributed by atoms with Crippen LogP contribution in [0.3, 0.4) is 0 Å². The van der Waals surface area contributed by atoms with Gasteiger partial charge in [-0.1, -0.05) is 0 Å². The summed E-state index contributed by atoms with van der Waals surface area (Å²) < 4.78 is 5.42. The molecule has 0 spiro atoms. The number of amides is 1. The Hall–Kier alpha value is -1.60. The van der Waals surface area contributed by atoms with Gasteiger partial charge in [0.2, 0.25) is 5.28 Å². The average Bonchev–Trinajstić information content (AvgIpc) is 2.84. The highest BCUT2D eigenvalue weighted by Gasteiger charge is 2.39. The van der Waals surface area contributed by atoms with Gasteiger partial charge >= 0.3 is 6.09 Å². The van der Waals surface area contributed by atoms with Gasteiger partial charge in [0, 0.05) is 5.56 Å². The molecular formula is C16H23ClN4O3. The molecule has 0 aromatic carbocycles. The van der Waals surface area contributed by atoms with Crippen LogP contribution in [0, 0.1) is 0 Å². The summed E-state index contributed by atoms with van der Waals surface area (Å²) in [7, 11) is 0. The first-order valence-electron chi connectivity index (χ1n) is 8.14. The number of fused-ring (bicyclic) bond motifs is 1. The average molecular weight is 355 g/mol. The fourth-order valence-corrected chi connectivity index (χ4v) is 3.15. The van der Waals surface area contributed by atoms with E-state index in [9.17, 15) is 9.90 Å². The molecule has 0 radical (unpaired) electrons. The van der Waals surface area contributed by atoms with Gasteiger partial charge in [-0.15, -0.1) is 0 Å². The number of rotatable bonds is 3. The van der Waals surface area contributed by atoms with E-state index in [2.05, 4.69) is 15.3 Å². The van der Waals surface area contributed by atoms with Crippen LogP contribution in [0.25, 0.3) is 0 Å². The topological polar surface area (TPSA) is 87.6 Å². The third-order valence-electron chi connectivity index (χ3n) is 4.40. The van der Waals surface area contributed by atoms with E-state index in [1.54, 1.807) is 4.90 Å². The minimum absolute atomic E-state index is 0.0408. The Kier molecular flexibility index (Phi) is 4.34. The highest BCUT2D eigenvalue weighted by Crippen LogP contribution is 2.37. The lowest BCUT2D eigenvalue weighted by molar-refractivity contribution is 0.0241. The quantitative estimate of drug-likeness (QED) is 0.811. The first-order chi connectivity index (χ1) is 11.2. The number of aromatic nitrogens is 2. The van der Waals surface area contributed by atoms with Crippen molar-refractivity contribution in [3.8, 4) is 0 Å². The summed E-state index contributed by atoms with van der Waals surface area (Å²) in [6.45, 7) is 6.25. The summed E-state index contributed by atoms with van der Waals surface area (Å²) >= 11 is 6.04. The highest BCUT2D eigenvalue weighted by atomic mass is 35.5. The zero-order valence-electron chi connectivity index (χ0n) is 14.2. The lowest BCUT2D eigenvalue weighted by Gasteiger charge is -2.41. The number of aliphatic hydroxyl groups excluding tert-OH is 1. The van der Waals surface area contributed by atoms with Crippen molar-refractivity contribution in [2.24, 2.45) is 0 Å². The third kappa shape index (κ3) is 3.42. The van der Waals surface area contributed by atoms with Crippen LogP contribution in [0.1, 0.15) is 51.3 Å². The van der Waals surface area contributed by atoms with Crippen molar-refractivity contribution in [1.29, 1.82) is 0 Å². The number of hydrogen-bond donors (Lipinski definition) is 2. The molecule has 1 saturated carbocycles. The molecule has 0 bridgehead atoms. The minimum atomic E-state index is -0.552. The number of nitrogens with zero attached hydrogens (tertiary/aromatic N) is 3. The smallest absolute Gasteiger partial charge is 0.410 e. The summed E-state index contributed by atoms with van der Waals surface area (Å²) in [5.74, 6) is 0.602. The zero-order chi connectivity index (χ0) is 17.5. The predicted octanol–water partition coefficient (Wildman–Crippen LogP) is 2.71. The fraction of sp³-hybridized carbons (Fsp3) is 0.688. The molecule has 2 heterocycles. The first-order valence-corrected chi connectivity index (χ1v) is 8.51. The van der Waals surface area contributed by atoms with E-state index >= 15 is 0 Å². The zero-order valence-corrected chi connectivity index (χ0v) is 15.0. The van der Waals surface area contributed by atoms with E-state index in [-0.39, 0.29) is 23.5 Å². The SMILES string of the molecule is CC(C)(C)OC(=O)N1Cc2nc(Cl)nc(NC3(CO)CCC3)c2C1. The maximum Gasteiger partial charge on any atom is 0.410 e. The molecule has 1 amide bonds. The molecule has 0 saturated heterocycles. The number of carbonyl (C=O) groups excluding carboxylic acids is 1. The molecule has 1 aliphatic carbocycles. The number of anilines is 1. The normalized spacial score (nSPS) is 18.8. The second-order valence-corrected chi connectivity index (χ2v) is 7.86. The van der Waals surface area contributed by atoms with Crippen molar-refractivity contribution in [3.05, 3.63) is 16.5 Å². The standard InChI is InChI=1S/C16H23ClN4O3/c1-15(2,3)24-14(23)21-7-10-11(8-21)18-13(17)19-12(10)20-16(9-22)5-4-6-16/h22H,4-9H2,1-3H3,(H,18,19,20). The number of carbonyl (C=O) groups is 1. The second kappa shape index (κ2) is 6.04. The summed E-state index contributed by atoms with van der Waals surface area (Å²) in [6.07, 6.45) is 2.45. The fourth-order valence-electron chi connectivity index (χ4n) is 2.96. The van der Waals surface area contributed by atoms with Gasteiger partial charge in [-0.25, -0.2) is 14.8 Å². The van der Waals surface area contributed by atoms with Gasteiger partial charge in [-0.3, -0.25) is 4.90 Å². The van der Waals surface area contributed by atoms with Crippen LogP contribution in [0.5, 0.6) is 0 Å². The molecule has 7 nitrogen and oxygen atoms in total. The number of ether oxygens (including phenoxy) is 1. The van der Waals surface area contributed by atoms with Gasteiger partial charge in [-0.05, 0) is 51.6 Å². The van der Waals surface area contributed by atoms with Crippen LogP contribution in [-0.2, 0) is 17.8 Å². The van der Waals surface area contributed by atoms with Crippen LogP contribution >= 0.6 is 11.6 Å². The van der Waals surface area contributed by atoms with Crippen LogP contribution in [-0.4, -0.2) is 43.8 Å². The Labute approximate surface area is 146 Å². The van der Waals surface area contributed by atoms with E-state index < -0.39 is 5.60 Å². The Morgan fingerprint density at radius 3 is 2.62 bits per heavy atom. The van der Waals surface area contributed by atoms with Crippen molar-refractivity contribution in [1.82, 2.24) is 14.9 Å². The largest absolute Gasteiger partial charge is 0.444 e. The third-order valence-corrected chi connectivity index (χ3v) is 4.57. The van der Waals surface area contributed by atoms with Gasteiger partial charge in [-0.2, -0.15) is 0 Å². The summed E-state index contributed by atoms with van der Waals surface area (Å²) in [5.41, 5.74) is 0.661. The second-order valence-electron chi connectivity index (χ2n) is 7.52. The summed E-state index contributed by atoms with van der Waals surface area (Å²) in [5, 5.41) is 13.1. The molecule has 0 atom stereocenters. The highest BCUT2D eigenvalue weighted by molar-refractivity contribution is 6.28. The van der Waals surface area contributed by atoms with Crippen LogP contribution in [0.4, 0.5) is 10.6 Å². The first kappa shape index (κ1) is 17.2. The molecule has 1 aliphatic heterocycles. The molecule has 3 rings (SSSR count). The van der Waals surface area contributed by atoms with Gasteiger partial charge in [0.1, 0.15) is 11.4 Å². The number of nitrogens with one attached hydrogen (secondary N) is 1. The van der Waals surface area contributed by atoms with Crippen molar-refractivity contribution >= 4 is 23.5 Å². The van der Waals surface area contributed by atoms with Crippen LogP contribution < -0.4 is 5.32 Å². The monoisotopic (exact) mass is 354 g/mol. The van der Waals surface area contributed by atoms with Gasteiger partial charge in [0.25, 0.3) is 0 Å². The number of hydrogen-bond acceptors (Lipinski definition) is 6. The minimum Gasteiger partial charge on any atom is -0.444 e. The molecule has 132 valence electrons. The van der Waals surface area contributed by atoms with Crippen LogP contribution in [0.15, 0.2) is 0 Å². The molecule has 2 aliphatic rings. The molecule has 2 N–H and O–H groups in total. The van der Waals surface area contributed by atoms with E-state index in [0.29, 0.717) is 18.9 Å². The summed E-state index contributed by atoms with van der Waals surface area (Å²) in [4.78, 5) is 22.4. The van der Waals surface area contributed by atoms with E-state index in [1.807, 2.05) is 20.8 Å². The molecule has 1 aromatic rings. The predicted molar refractivity (Wildman–Crippen MR) is 89.8 cm³/mol. The van der Waals surface area contributed by atoms with Gasteiger partial charge < -0.3 is 15.2 Å². The Balaban J connectivity index is 1.81. The molecule has 0 unspecified atom stereocenters. The molecular weight excluding hydrogens is 332 g/mol. The van der Waals surface area contributed by atoms with E-state index in [1.165, 1.54) is 0 Å². The lowest BCUT2D eigenvalue weighted by atomic mass is 9.77. The Morgan fingerprint density at radius 2 is 2.08 bits per heavy atom. The van der Waals surface area contributed by atoms with Crippen LogP contribution in [0.2, 0.25) is 5.28 Å².